The van der Waals surface area contributed by atoms with Crippen molar-refractivity contribution < 1.29 is 18.0 Å². The minimum atomic E-state index is -4.43. The van der Waals surface area contributed by atoms with Crippen molar-refractivity contribution in [2.75, 3.05) is 13.6 Å². The lowest BCUT2D eigenvalue weighted by Gasteiger charge is -2.37. The lowest BCUT2D eigenvalue weighted by atomic mass is 9.78. The second-order valence-electron chi connectivity index (χ2n) is 11.0. The molecule has 2 fully saturated rings. The monoisotopic (exact) mass is 485 g/mol. The van der Waals surface area contributed by atoms with E-state index in [1.54, 1.807) is 0 Å². The Bertz CT molecular complexity index is 1130. The van der Waals surface area contributed by atoms with Crippen LogP contribution in [0.3, 0.4) is 0 Å². The molecule has 0 saturated heterocycles. The molecule has 3 unspecified atom stereocenters. The predicted octanol–water partition coefficient (Wildman–Crippen LogP) is 5.68. The maximum Gasteiger partial charge on any atom is 0.417 e. The van der Waals surface area contributed by atoms with Gasteiger partial charge in [-0.1, -0.05) is 30.2 Å². The van der Waals surface area contributed by atoms with Gasteiger partial charge in [0.1, 0.15) is 0 Å². The second kappa shape index (κ2) is 8.91. The van der Waals surface area contributed by atoms with Crippen molar-refractivity contribution in [3.05, 3.63) is 64.0 Å². The molecule has 0 N–H and O–H groups in total. The first-order valence-corrected chi connectivity index (χ1v) is 12.7. The SMILES string of the molecule is Cc1ccc(CN(C)C2CC3CCCC3(C(=O)N3CCc4ncc(C(F)(F)F)cc4C3)C2)c(C)c1. The fraction of sp³-hybridized carbons (Fsp3) is 0.571. The number of aromatic nitrogens is 1. The Kier molecular flexibility index (Phi) is 6.19. The quantitative estimate of drug-likeness (QED) is 0.559. The summed E-state index contributed by atoms with van der Waals surface area (Å²) in [5, 5.41) is 0. The summed E-state index contributed by atoms with van der Waals surface area (Å²) < 4.78 is 39.7. The predicted molar refractivity (Wildman–Crippen MR) is 129 cm³/mol. The summed E-state index contributed by atoms with van der Waals surface area (Å²) in [5.41, 5.74) is 3.96. The number of amides is 1. The van der Waals surface area contributed by atoms with Crippen molar-refractivity contribution in [1.29, 1.82) is 0 Å². The number of halogens is 3. The molecule has 2 aromatic rings. The Balaban J connectivity index is 1.32. The summed E-state index contributed by atoms with van der Waals surface area (Å²) in [6.45, 7) is 5.87. The summed E-state index contributed by atoms with van der Waals surface area (Å²) in [6, 6.07) is 8.08. The fourth-order valence-electron chi connectivity index (χ4n) is 6.78. The third kappa shape index (κ3) is 4.48. The summed E-state index contributed by atoms with van der Waals surface area (Å²) in [7, 11) is 2.16. The number of alkyl halides is 3. The number of pyridine rings is 1. The molecule has 1 aliphatic heterocycles. The molecule has 7 heteroatoms. The van der Waals surface area contributed by atoms with Gasteiger partial charge in [-0.15, -0.1) is 0 Å². The molecule has 2 saturated carbocycles. The van der Waals surface area contributed by atoms with E-state index >= 15 is 0 Å². The number of benzene rings is 1. The number of hydrogen-bond donors (Lipinski definition) is 0. The molecule has 2 aliphatic carbocycles. The van der Waals surface area contributed by atoms with Crippen LogP contribution in [-0.2, 0) is 30.5 Å². The smallest absolute Gasteiger partial charge is 0.337 e. The van der Waals surface area contributed by atoms with Crippen molar-refractivity contribution in [3.63, 3.8) is 0 Å². The molecule has 1 aromatic carbocycles. The first-order chi connectivity index (χ1) is 16.6. The van der Waals surface area contributed by atoms with E-state index in [0.717, 1.165) is 44.8 Å². The lowest BCUT2D eigenvalue weighted by Crippen LogP contribution is -2.47. The molecule has 0 bridgehead atoms. The molecule has 35 heavy (non-hydrogen) atoms. The molecule has 1 amide bonds. The minimum Gasteiger partial charge on any atom is -0.337 e. The van der Waals surface area contributed by atoms with E-state index in [2.05, 4.69) is 49.0 Å². The zero-order valence-corrected chi connectivity index (χ0v) is 20.8. The van der Waals surface area contributed by atoms with Crippen molar-refractivity contribution >= 4 is 5.91 Å². The fourth-order valence-corrected chi connectivity index (χ4v) is 6.78. The molecule has 1 aromatic heterocycles. The Morgan fingerprint density at radius 1 is 1.26 bits per heavy atom. The van der Waals surface area contributed by atoms with E-state index in [4.69, 9.17) is 0 Å². The van der Waals surface area contributed by atoms with Crippen LogP contribution in [0, 0.1) is 25.2 Å². The third-order valence-corrected chi connectivity index (χ3v) is 8.73. The standard InChI is InChI=1S/C28H34F3N3O/c1-18-6-7-20(19(2)11-18)16-33(3)24-13-22-5-4-9-27(22,14-24)26(35)34-10-8-25-21(17-34)12-23(15-32-25)28(29,30)31/h6-7,11-12,15,22,24H,4-5,8-10,13-14,16-17H2,1-3H3. The number of rotatable bonds is 4. The number of hydrogen-bond acceptors (Lipinski definition) is 3. The normalized spacial score (nSPS) is 26.2. The molecule has 3 aliphatic rings. The van der Waals surface area contributed by atoms with Gasteiger partial charge in [0.05, 0.1) is 11.0 Å². The number of aryl methyl sites for hydroxylation is 2. The number of carbonyl (C=O) groups excluding carboxylic acids is 1. The van der Waals surface area contributed by atoms with Crippen LogP contribution in [0.1, 0.15) is 65.6 Å². The van der Waals surface area contributed by atoms with Gasteiger partial charge in [0, 0.05) is 44.0 Å². The van der Waals surface area contributed by atoms with Gasteiger partial charge in [-0.3, -0.25) is 14.7 Å². The van der Waals surface area contributed by atoms with Crippen molar-refractivity contribution in [2.24, 2.45) is 11.3 Å². The van der Waals surface area contributed by atoms with E-state index in [9.17, 15) is 18.0 Å². The summed E-state index contributed by atoms with van der Waals surface area (Å²) in [4.78, 5) is 22.3. The van der Waals surface area contributed by atoms with Gasteiger partial charge in [-0.25, -0.2) is 0 Å². The molecular weight excluding hydrogens is 451 g/mol. The largest absolute Gasteiger partial charge is 0.417 e. The first-order valence-electron chi connectivity index (χ1n) is 12.7. The van der Waals surface area contributed by atoms with Crippen LogP contribution in [0.5, 0.6) is 0 Å². The van der Waals surface area contributed by atoms with Crippen LogP contribution < -0.4 is 0 Å². The van der Waals surface area contributed by atoms with Crippen LogP contribution in [0.2, 0.25) is 0 Å². The van der Waals surface area contributed by atoms with Crippen molar-refractivity contribution in [3.8, 4) is 0 Å². The van der Waals surface area contributed by atoms with Crippen molar-refractivity contribution in [2.45, 2.75) is 77.7 Å². The van der Waals surface area contributed by atoms with E-state index in [-0.39, 0.29) is 17.9 Å². The Morgan fingerprint density at radius 2 is 2.06 bits per heavy atom. The maximum absolute atomic E-state index is 14.0. The summed E-state index contributed by atoms with van der Waals surface area (Å²) >= 11 is 0. The lowest BCUT2D eigenvalue weighted by molar-refractivity contribution is -0.144. The molecule has 0 radical (unpaired) electrons. The number of fused-ring (bicyclic) bond motifs is 2. The summed E-state index contributed by atoms with van der Waals surface area (Å²) in [6.07, 6.45) is 1.83. The molecule has 4 nitrogen and oxygen atoms in total. The zero-order valence-electron chi connectivity index (χ0n) is 20.8. The molecule has 5 rings (SSSR count). The summed E-state index contributed by atoms with van der Waals surface area (Å²) in [5.74, 6) is 0.494. The van der Waals surface area contributed by atoms with Gasteiger partial charge in [-0.2, -0.15) is 13.2 Å². The van der Waals surface area contributed by atoms with Crippen LogP contribution in [0.4, 0.5) is 13.2 Å². The zero-order chi connectivity index (χ0) is 25.0. The first kappa shape index (κ1) is 24.3. The molecule has 3 atom stereocenters. The average molecular weight is 486 g/mol. The van der Waals surface area contributed by atoms with Crippen LogP contribution >= 0.6 is 0 Å². The molecule has 2 heterocycles. The van der Waals surface area contributed by atoms with Gasteiger partial charge in [0.25, 0.3) is 0 Å². The Labute approximate surface area is 205 Å². The third-order valence-electron chi connectivity index (χ3n) is 8.73. The number of nitrogens with zero attached hydrogens (tertiary/aromatic N) is 3. The van der Waals surface area contributed by atoms with E-state index < -0.39 is 11.7 Å². The van der Waals surface area contributed by atoms with Crippen molar-refractivity contribution in [1.82, 2.24) is 14.8 Å². The molecular formula is C28H34F3N3O. The topological polar surface area (TPSA) is 36.4 Å². The Morgan fingerprint density at radius 3 is 2.80 bits per heavy atom. The average Bonchev–Trinajstić information content (AvgIpc) is 3.38. The van der Waals surface area contributed by atoms with Gasteiger partial charge in [-0.05, 0) is 75.3 Å². The van der Waals surface area contributed by atoms with Gasteiger partial charge >= 0.3 is 6.18 Å². The van der Waals surface area contributed by atoms with Crippen LogP contribution in [0.15, 0.2) is 30.5 Å². The second-order valence-corrected chi connectivity index (χ2v) is 11.0. The van der Waals surface area contributed by atoms with Crippen LogP contribution in [0.25, 0.3) is 0 Å². The van der Waals surface area contributed by atoms with E-state index in [1.165, 1.54) is 22.8 Å². The van der Waals surface area contributed by atoms with Gasteiger partial charge in [0.15, 0.2) is 0 Å². The highest BCUT2D eigenvalue weighted by molar-refractivity contribution is 5.84. The van der Waals surface area contributed by atoms with E-state index in [1.807, 2.05) is 4.90 Å². The van der Waals surface area contributed by atoms with Gasteiger partial charge < -0.3 is 4.90 Å². The van der Waals surface area contributed by atoms with Crippen LogP contribution in [-0.4, -0.2) is 40.3 Å². The van der Waals surface area contributed by atoms with Gasteiger partial charge in [0.2, 0.25) is 5.91 Å². The highest BCUT2D eigenvalue weighted by Crippen LogP contribution is 2.56. The molecule has 188 valence electrons. The molecule has 0 spiro atoms. The Hall–Kier alpha value is -2.41. The maximum atomic E-state index is 14.0. The number of carbonyl (C=O) groups is 1. The van der Waals surface area contributed by atoms with E-state index in [0.29, 0.717) is 36.2 Å². The highest BCUT2D eigenvalue weighted by Gasteiger charge is 2.56. The highest BCUT2D eigenvalue weighted by atomic mass is 19.4. The minimum absolute atomic E-state index is 0.144.